The Morgan fingerprint density at radius 3 is 2.23 bits per heavy atom. The fourth-order valence-electron chi connectivity index (χ4n) is 2.32. The van der Waals surface area contributed by atoms with Crippen molar-refractivity contribution < 1.29 is 9.59 Å². The molecule has 0 saturated heterocycles. The molecule has 3 aromatic rings. The zero-order valence-electron chi connectivity index (χ0n) is 14.0. The second kappa shape index (κ2) is 8.12. The maximum absolute atomic E-state index is 12.2. The third-order valence-corrected chi connectivity index (χ3v) is 4.67. The molecule has 0 atom stereocenters. The van der Waals surface area contributed by atoms with Gasteiger partial charge in [0.2, 0.25) is 11.8 Å². The van der Waals surface area contributed by atoms with Gasteiger partial charge in [-0.15, -0.1) is 11.3 Å². The van der Waals surface area contributed by atoms with Crippen LogP contribution in [0.1, 0.15) is 12.6 Å². The van der Waals surface area contributed by atoms with Crippen LogP contribution >= 0.6 is 22.9 Å². The molecule has 1 heterocycles. The molecule has 0 fully saturated rings. The van der Waals surface area contributed by atoms with Crippen molar-refractivity contribution in [3.63, 3.8) is 0 Å². The molecule has 0 unspecified atom stereocenters. The molecule has 3 rings (SSSR count). The average Bonchev–Trinajstić information content (AvgIpc) is 3.05. The third kappa shape index (κ3) is 4.91. The van der Waals surface area contributed by atoms with Gasteiger partial charge in [-0.1, -0.05) is 23.7 Å². The molecule has 7 heteroatoms. The van der Waals surface area contributed by atoms with Gasteiger partial charge in [0.05, 0.1) is 12.1 Å². The molecule has 2 N–H and O–H groups in total. The molecule has 5 nitrogen and oxygen atoms in total. The molecular weight excluding hydrogens is 370 g/mol. The number of amides is 2. The minimum Gasteiger partial charge on any atom is -0.326 e. The first-order valence-electron chi connectivity index (χ1n) is 7.87. The first kappa shape index (κ1) is 18.1. The predicted molar refractivity (Wildman–Crippen MR) is 106 cm³/mol. The predicted octanol–water partition coefficient (Wildman–Crippen LogP) is 4.60. The highest BCUT2D eigenvalue weighted by Crippen LogP contribution is 2.25. The Morgan fingerprint density at radius 1 is 1.00 bits per heavy atom. The van der Waals surface area contributed by atoms with E-state index in [-0.39, 0.29) is 18.2 Å². The van der Waals surface area contributed by atoms with Gasteiger partial charge in [0.25, 0.3) is 0 Å². The van der Waals surface area contributed by atoms with Gasteiger partial charge >= 0.3 is 0 Å². The van der Waals surface area contributed by atoms with E-state index in [2.05, 4.69) is 15.6 Å². The van der Waals surface area contributed by atoms with Gasteiger partial charge in [-0.2, -0.15) is 0 Å². The van der Waals surface area contributed by atoms with Gasteiger partial charge in [-0.05, 0) is 36.4 Å². The number of carbonyl (C=O) groups excluding carboxylic acids is 2. The van der Waals surface area contributed by atoms with Crippen molar-refractivity contribution in [2.75, 3.05) is 10.6 Å². The van der Waals surface area contributed by atoms with Crippen LogP contribution < -0.4 is 10.6 Å². The Hall–Kier alpha value is -2.70. The molecule has 0 spiro atoms. The smallest absolute Gasteiger partial charge is 0.230 e. The standard InChI is InChI=1S/C19H16ClN3O2S/c1-12(24)21-15-6-8-16(9-7-15)22-18(25)10-17-11-26-19(23-17)13-2-4-14(20)5-3-13/h2-9,11H,10H2,1H3,(H,21,24)(H,22,25). The highest BCUT2D eigenvalue weighted by molar-refractivity contribution is 7.13. The van der Waals surface area contributed by atoms with Crippen LogP contribution in [-0.2, 0) is 16.0 Å². The molecule has 0 saturated carbocycles. The number of anilines is 2. The van der Waals surface area contributed by atoms with Crippen LogP contribution in [0.15, 0.2) is 53.9 Å². The highest BCUT2D eigenvalue weighted by Gasteiger charge is 2.09. The van der Waals surface area contributed by atoms with Crippen LogP contribution in [0.3, 0.4) is 0 Å². The van der Waals surface area contributed by atoms with Crippen molar-refractivity contribution in [3.05, 3.63) is 64.6 Å². The number of hydrogen-bond donors (Lipinski definition) is 2. The van der Waals surface area contributed by atoms with E-state index in [1.807, 2.05) is 29.6 Å². The van der Waals surface area contributed by atoms with Crippen molar-refractivity contribution in [3.8, 4) is 10.6 Å². The number of nitrogens with one attached hydrogen (secondary N) is 2. The van der Waals surface area contributed by atoms with Gasteiger partial charge in [0, 0.05) is 34.3 Å². The number of benzene rings is 2. The summed E-state index contributed by atoms with van der Waals surface area (Å²) >= 11 is 7.38. The fraction of sp³-hybridized carbons (Fsp3) is 0.105. The van der Waals surface area contributed by atoms with E-state index in [4.69, 9.17) is 11.6 Å². The number of carbonyl (C=O) groups is 2. The minimum atomic E-state index is -0.148. The van der Waals surface area contributed by atoms with Crippen LogP contribution in [0.25, 0.3) is 10.6 Å². The van der Waals surface area contributed by atoms with E-state index in [9.17, 15) is 9.59 Å². The van der Waals surface area contributed by atoms with E-state index >= 15 is 0 Å². The molecule has 1 aromatic heterocycles. The maximum atomic E-state index is 12.2. The van der Waals surface area contributed by atoms with E-state index < -0.39 is 0 Å². The normalized spacial score (nSPS) is 10.4. The average molecular weight is 386 g/mol. The van der Waals surface area contributed by atoms with E-state index in [1.54, 1.807) is 24.3 Å². The molecule has 2 aromatic carbocycles. The van der Waals surface area contributed by atoms with Crippen LogP contribution in [0.5, 0.6) is 0 Å². The summed E-state index contributed by atoms with van der Waals surface area (Å²) in [7, 11) is 0. The fourth-order valence-corrected chi connectivity index (χ4v) is 3.27. The quantitative estimate of drug-likeness (QED) is 0.674. The summed E-state index contributed by atoms with van der Waals surface area (Å²) in [4.78, 5) is 27.7. The molecule has 0 aliphatic carbocycles. The SMILES string of the molecule is CC(=O)Nc1ccc(NC(=O)Cc2csc(-c3ccc(Cl)cc3)n2)cc1. The lowest BCUT2D eigenvalue weighted by molar-refractivity contribution is -0.116. The number of hydrogen-bond acceptors (Lipinski definition) is 4. The number of rotatable bonds is 5. The largest absolute Gasteiger partial charge is 0.326 e. The maximum Gasteiger partial charge on any atom is 0.230 e. The molecule has 26 heavy (non-hydrogen) atoms. The molecule has 132 valence electrons. The van der Waals surface area contributed by atoms with Gasteiger partial charge in [0.1, 0.15) is 5.01 Å². The number of halogens is 1. The molecule has 0 bridgehead atoms. The van der Waals surface area contributed by atoms with Crippen molar-refractivity contribution >= 4 is 46.1 Å². The zero-order valence-corrected chi connectivity index (χ0v) is 15.5. The molecular formula is C19H16ClN3O2S. The minimum absolute atomic E-state index is 0.137. The van der Waals surface area contributed by atoms with Crippen molar-refractivity contribution in [1.82, 2.24) is 4.98 Å². The summed E-state index contributed by atoms with van der Waals surface area (Å²) < 4.78 is 0. The van der Waals surface area contributed by atoms with Crippen molar-refractivity contribution in [1.29, 1.82) is 0 Å². The summed E-state index contributed by atoms with van der Waals surface area (Å²) in [6.07, 6.45) is 0.192. The summed E-state index contributed by atoms with van der Waals surface area (Å²) in [5.74, 6) is -0.285. The molecule has 2 amide bonds. The summed E-state index contributed by atoms with van der Waals surface area (Å²) in [6, 6.07) is 14.4. The molecule has 0 radical (unpaired) electrons. The molecule has 0 aliphatic rings. The first-order chi connectivity index (χ1) is 12.5. The van der Waals surface area contributed by atoms with Gasteiger partial charge in [-0.25, -0.2) is 4.98 Å². The number of nitrogens with zero attached hydrogens (tertiary/aromatic N) is 1. The summed E-state index contributed by atoms with van der Waals surface area (Å²) in [5.41, 5.74) is 3.03. The molecule has 0 aliphatic heterocycles. The summed E-state index contributed by atoms with van der Waals surface area (Å²) in [6.45, 7) is 1.45. The Balaban J connectivity index is 1.60. The lowest BCUT2D eigenvalue weighted by atomic mass is 10.2. The topological polar surface area (TPSA) is 71.1 Å². The second-order valence-corrected chi connectivity index (χ2v) is 6.93. The monoisotopic (exact) mass is 385 g/mol. The Labute approximate surface area is 160 Å². The van der Waals surface area contributed by atoms with Crippen LogP contribution in [0, 0.1) is 0 Å². The number of thiazole rings is 1. The lowest BCUT2D eigenvalue weighted by Crippen LogP contribution is -2.14. The highest BCUT2D eigenvalue weighted by atomic mass is 35.5. The van der Waals surface area contributed by atoms with Gasteiger partial charge in [-0.3, -0.25) is 9.59 Å². The van der Waals surface area contributed by atoms with Crippen molar-refractivity contribution in [2.45, 2.75) is 13.3 Å². The van der Waals surface area contributed by atoms with E-state index in [0.29, 0.717) is 22.1 Å². The van der Waals surface area contributed by atoms with E-state index in [1.165, 1.54) is 18.3 Å². The lowest BCUT2D eigenvalue weighted by Gasteiger charge is -2.06. The third-order valence-electron chi connectivity index (χ3n) is 3.47. The van der Waals surface area contributed by atoms with Crippen LogP contribution in [0.2, 0.25) is 5.02 Å². The van der Waals surface area contributed by atoms with Crippen LogP contribution in [-0.4, -0.2) is 16.8 Å². The Morgan fingerprint density at radius 2 is 1.62 bits per heavy atom. The van der Waals surface area contributed by atoms with E-state index in [0.717, 1.165) is 10.6 Å². The second-order valence-electron chi connectivity index (χ2n) is 5.63. The number of aromatic nitrogens is 1. The zero-order chi connectivity index (χ0) is 18.5. The first-order valence-corrected chi connectivity index (χ1v) is 9.13. The van der Waals surface area contributed by atoms with Gasteiger partial charge < -0.3 is 10.6 Å². The Kier molecular flexibility index (Phi) is 5.65. The van der Waals surface area contributed by atoms with Gasteiger partial charge in [0.15, 0.2) is 0 Å². The van der Waals surface area contributed by atoms with Crippen molar-refractivity contribution in [2.24, 2.45) is 0 Å². The Bertz CT molecular complexity index is 921. The summed E-state index contributed by atoms with van der Waals surface area (Å²) in [5, 5.41) is 8.91. The van der Waals surface area contributed by atoms with Crippen LogP contribution in [0.4, 0.5) is 11.4 Å².